The largest absolute Gasteiger partial charge is 0.315 e. The van der Waals surface area contributed by atoms with Crippen molar-refractivity contribution in [3.05, 3.63) is 0 Å². The Morgan fingerprint density at radius 2 is 1.95 bits per heavy atom. The molecule has 0 aromatic carbocycles. The molecular weight excluding hydrogens is 260 g/mol. The van der Waals surface area contributed by atoms with Crippen LogP contribution < -0.4 is 5.32 Å². The van der Waals surface area contributed by atoms with Gasteiger partial charge in [-0.25, -0.2) is 8.42 Å². The number of sulfone groups is 1. The van der Waals surface area contributed by atoms with Crippen LogP contribution in [0.1, 0.15) is 47.0 Å². The standard InChI is InChI=1S/C14H30N2O2S/c1-5-9-16(13-7-6-8-15-12-13)10-11-19(17,18)14(2,3)4/h13,15H,5-12H2,1-4H3. The quantitative estimate of drug-likeness (QED) is 0.808. The van der Waals surface area contributed by atoms with Crippen LogP contribution in [0.2, 0.25) is 0 Å². The van der Waals surface area contributed by atoms with Gasteiger partial charge in [-0.05, 0) is 53.1 Å². The van der Waals surface area contributed by atoms with Gasteiger partial charge < -0.3 is 5.32 Å². The van der Waals surface area contributed by atoms with E-state index < -0.39 is 14.6 Å². The predicted molar refractivity (Wildman–Crippen MR) is 81.3 cm³/mol. The second kappa shape index (κ2) is 7.04. The summed E-state index contributed by atoms with van der Waals surface area (Å²) in [7, 11) is -3.01. The molecule has 0 aliphatic carbocycles. The Bertz CT molecular complexity index is 354. The predicted octanol–water partition coefficient (Wildman–Crippen LogP) is 1.66. The highest BCUT2D eigenvalue weighted by Gasteiger charge is 2.30. The van der Waals surface area contributed by atoms with Gasteiger partial charge in [-0.1, -0.05) is 6.92 Å². The molecule has 0 bridgehead atoms. The van der Waals surface area contributed by atoms with Gasteiger partial charge in [0.2, 0.25) is 0 Å². The fourth-order valence-electron chi connectivity index (χ4n) is 2.45. The first-order valence-electron chi connectivity index (χ1n) is 7.45. The third-order valence-electron chi connectivity index (χ3n) is 3.88. The Balaban J connectivity index is 2.59. The van der Waals surface area contributed by atoms with Gasteiger partial charge in [0.15, 0.2) is 9.84 Å². The van der Waals surface area contributed by atoms with E-state index in [0.717, 1.165) is 26.1 Å². The van der Waals surface area contributed by atoms with Crippen molar-refractivity contribution in [1.82, 2.24) is 10.2 Å². The molecule has 1 fully saturated rings. The van der Waals surface area contributed by atoms with Crippen LogP contribution in [0.4, 0.5) is 0 Å². The smallest absolute Gasteiger partial charge is 0.156 e. The summed E-state index contributed by atoms with van der Waals surface area (Å²) in [4.78, 5) is 2.36. The lowest BCUT2D eigenvalue weighted by atomic mass is 10.1. The van der Waals surface area contributed by atoms with Crippen molar-refractivity contribution >= 4 is 9.84 Å². The van der Waals surface area contributed by atoms with E-state index in [4.69, 9.17) is 0 Å². The van der Waals surface area contributed by atoms with Crippen LogP contribution in [-0.4, -0.2) is 56.0 Å². The highest BCUT2D eigenvalue weighted by Crippen LogP contribution is 2.17. The molecule has 1 N–H and O–H groups in total. The Labute approximate surface area is 118 Å². The van der Waals surface area contributed by atoms with E-state index in [1.165, 1.54) is 12.8 Å². The number of hydrogen-bond acceptors (Lipinski definition) is 4. The summed E-state index contributed by atoms with van der Waals surface area (Å²) in [6.45, 7) is 11.3. The molecule has 4 nitrogen and oxygen atoms in total. The van der Waals surface area contributed by atoms with Gasteiger partial charge in [-0.3, -0.25) is 4.90 Å². The maximum atomic E-state index is 12.2. The molecule has 1 aliphatic heterocycles. The number of piperidine rings is 1. The van der Waals surface area contributed by atoms with Crippen molar-refractivity contribution in [2.24, 2.45) is 0 Å². The third kappa shape index (κ3) is 5.04. The fourth-order valence-corrected chi connectivity index (χ4v) is 3.54. The summed E-state index contributed by atoms with van der Waals surface area (Å²) in [5.41, 5.74) is 0. The van der Waals surface area contributed by atoms with Gasteiger partial charge in [0.05, 0.1) is 10.5 Å². The van der Waals surface area contributed by atoms with Crippen LogP contribution in [0, 0.1) is 0 Å². The van der Waals surface area contributed by atoms with Gasteiger partial charge in [0.25, 0.3) is 0 Å². The third-order valence-corrected chi connectivity index (χ3v) is 6.46. The molecule has 0 spiro atoms. The lowest BCUT2D eigenvalue weighted by Crippen LogP contribution is -2.48. The van der Waals surface area contributed by atoms with Crippen molar-refractivity contribution < 1.29 is 8.42 Å². The highest BCUT2D eigenvalue weighted by atomic mass is 32.2. The molecule has 1 saturated heterocycles. The molecule has 1 heterocycles. The summed E-state index contributed by atoms with van der Waals surface area (Å²) in [6.07, 6.45) is 3.45. The van der Waals surface area contributed by atoms with Gasteiger partial charge >= 0.3 is 0 Å². The average molecular weight is 290 g/mol. The SMILES string of the molecule is CCCN(CCS(=O)(=O)C(C)(C)C)C1CCCNC1. The van der Waals surface area contributed by atoms with E-state index in [0.29, 0.717) is 12.6 Å². The summed E-state index contributed by atoms with van der Waals surface area (Å²) in [6, 6.07) is 0.504. The van der Waals surface area contributed by atoms with E-state index in [9.17, 15) is 8.42 Å². The van der Waals surface area contributed by atoms with Crippen molar-refractivity contribution in [3.8, 4) is 0 Å². The van der Waals surface area contributed by atoms with Gasteiger partial charge in [0, 0.05) is 19.1 Å². The van der Waals surface area contributed by atoms with E-state index >= 15 is 0 Å². The van der Waals surface area contributed by atoms with Crippen molar-refractivity contribution in [2.45, 2.75) is 57.7 Å². The zero-order chi connectivity index (χ0) is 14.5. The highest BCUT2D eigenvalue weighted by molar-refractivity contribution is 7.92. The topological polar surface area (TPSA) is 49.4 Å². The maximum absolute atomic E-state index is 12.2. The molecule has 5 heteroatoms. The first-order valence-corrected chi connectivity index (χ1v) is 9.10. The summed E-state index contributed by atoms with van der Waals surface area (Å²) >= 11 is 0. The lowest BCUT2D eigenvalue weighted by molar-refractivity contribution is 0.175. The van der Waals surface area contributed by atoms with Crippen molar-refractivity contribution in [1.29, 1.82) is 0 Å². The fraction of sp³-hybridized carbons (Fsp3) is 1.00. The second-order valence-electron chi connectivity index (χ2n) is 6.47. The Kier molecular flexibility index (Phi) is 6.27. The molecule has 19 heavy (non-hydrogen) atoms. The monoisotopic (exact) mass is 290 g/mol. The summed E-state index contributed by atoms with van der Waals surface area (Å²) in [5.74, 6) is 0.271. The van der Waals surface area contributed by atoms with Gasteiger partial charge in [-0.15, -0.1) is 0 Å². The van der Waals surface area contributed by atoms with E-state index in [1.54, 1.807) is 20.8 Å². The molecule has 0 amide bonds. The van der Waals surface area contributed by atoms with Crippen LogP contribution in [0.25, 0.3) is 0 Å². The number of rotatable bonds is 6. The van der Waals surface area contributed by atoms with Crippen molar-refractivity contribution in [3.63, 3.8) is 0 Å². The lowest BCUT2D eigenvalue weighted by Gasteiger charge is -2.35. The number of nitrogens with one attached hydrogen (secondary N) is 1. The molecule has 0 saturated carbocycles. The number of nitrogens with zero attached hydrogens (tertiary/aromatic N) is 1. The van der Waals surface area contributed by atoms with E-state index in [-0.39, 0.29) is 5.75 Å². The Morgan fingerprint density at radius 3 is 2.42 bits per heavy atom. The Morgan fingerprint density at radius 1 is 1.26 bits per heavy atom. The second-order valence-corrected chi connectivity index (χ2v) is 9.33. The maximum Gasteiger partial charge on any atom is 0.156 e. The van der Waals surface area contributed by atoms with Gasteiger partial charge in [0.1, 0.15) is 0 Å². The summed E-state index contributed by atoms with van der Waals surface area (Å²) in [5, 5.41) is 3.41. The first-order chi connectivity index (χ1) is 8.78. The molecule has 1 atom stereocenters. The van der Waals surface area contributed by atoms with Crippen LogP contribution in [-0.2, 0) is 9.84 Å². The molecular formula is C14H30N2O2S. The normalized spacial score (nSPS) is 21.8. The molecule has 1 rings (SSSR count). The van der Waals surface area contributed by atoms with Gasteiger partial charge in [-0.2, -0.15) is 0 Å². The molecule has 0 aromatic rings. The molecule has 0 aromatic heterocycles. The van der Waals surface area contributed by atoms with E-state index in [1.807, 2.05) is 0 Å². The van der Waals surface area contributed by atoms with Crippen molar-refractivity contribution in [2.75, 3.05) is 31.9 Å². The zero-order valence-corrected chi connectivity index (χ0v) is 13.7. The number of hydrogen-bond donors (Lipinski definition) is 1. The van der Waals surface area contributed by atoms with Crippen LogP contribution >= 0.6 is 0 Å². The Hall–Kier alpha value is -0.130. The van der Waals surface area contributed by atoms with Crippen LogP contribution in [0.5, 0.6) is 0 Å². The average Bonchev–Trinajstić information content (AvgIpc) is 2.34. The minimum absolute atomic E-state index is 0.271. The molecule has 1 unspecified atom stereocenters. The first kappa shape index (κ1) is 16.9. The van der Waals surface area contributed by atoms with Crippen LogP contribution in [0.3, 0.4) is 0 Å². The minimum atomic E-state index is -3.01. The summed E-state index contributed by atoms with van der Waals surface area (Å²) < 4.78 is 23.8. The zero-order valence-electron chi connectivity index (χ0n) is 12.9. The minimum Gasteiger partial charge on any atom is -0.315 e. The molecule has 1 aliphatic rings. The molecule has 0 radical (unpaired) electrons. The van der Waals surface area contributed by atoms with E-state index in [2.05, 4.69) is 17.1 Å². The molecule has 114 valence electrons. The van der Waals surface area contributed by atoms with Crippen LogP contribution in [0.15, 0.2) is 0 Å².